The minimum absolute atomic E-state index is 0.0311. The number of nitrogens with one attached hydrogen (secondary N) is 3. The number of halogens is 4. The second-order valence-electron chi connectivity index (χ2n) is 4.95. The topological polar surface area (TPSA) is 66.0 Å². The Labute approximate surface area is 140 Å². The van der Waals surface area contributed by atoms with E-state index < -0.39 is 30.1 Å². The van der Waals surface area contributed by atoms with E-state index in [0.717, 1.165) is 0 Å². The highest BCUT2D eigenvalue weighted by Crippen LogP contribution is 2.54. The summed E-state index contributed by atoms with van der Waals surface area (Å²) in [7, 11) is 1.55. The Kier molecular flexibility index (Phi) is 4.74. The maximum absolute atomic E-state index is 13.4. The molecule has 1 aromatic rings. The Morgan fingerprint density at radius 1 is 1.27 bits per heavy atom. The molecule has 0 radical (unpaired) electrons. The lowest BCUT2D eigenvalue weighted by atomic mass is 9.61. The molecule has 2 rings (SSSR count). The van der Waals surface area contributed by atoms with Gasteiger partial charge in [0.15, 0.2) is 5.11 Å². The molecule has 0 atom stereocenters. The fraction of sp³-hybridized carbons (Fsp3) is 0.417. The summed E-state index contributed by atoms with van der Waals surface area (Å²) in [6, 6.07) is 2.72. The van der Waals surface area contributed by atoms with Crippen molar-refractivity contribution in [2.24, 2.45) is 0 Å². The molecule has 0 spiro atoms. The highest BCUT2D eigenvalue weighted by atomic mass is 35.5. The smallest absolute Gasteiger partial charge is 0.250 e. The number of amides is 1. The molecule has 3 N–H and O–H groups in total. The number of pyridine rings is 1. The molecule has 1 aliphatic rings. The quantitative estimate of drug-likeness (QED) is 0.424. The number of aromatic nitrogens is 1. The van der Waals surface area contributed by atoms with Crippen molar-refractivity contribution in [3.05, 3.63) is 28.0 Å². The SMILES string of the molecule is CNC(=S)NNC(=O)C1(c2cc(Cl)nc(Cl)c2)CC(F)(F)C1. The van der Waals surface area contributed by atoms with Crippen LogP contribution in [0.15, 0.2) is 12.1 Å². The molecule has 0 unspecified atom stereocenters. The fourth-order valence-corrected chi connectivity index (χ4v) is 2.88. The standard InChI is InChI=1S/C12H12Cl2F2N4OS/c1-17-10(22)20-19-9(21)11(4-12(15,16)5-11)6-2-7(13)18-8(14)3-6/h2-3H,4-5H2,1H3,(H,19,21)(H2,17,20,22). The van der Waals surface area contributed by atoms with E-state index >= 15 is 0 Å². The summed E-state index contributed by atoms with van der Waals surface area (Å²) in [4.78, 5) is 16.1. The van der Waals surface area contributed by atoms with Gasteiger partial charge in [-0.3, -0.25) is 15.6 Å². The third-order valence-corrected chi connectivity index (χ3v) is 4.08. The maximum Gasteiger partial charge on any atom is 0.250 e. The number of hydrogen-bond donors (Lipinski definition) is 3. The molecule has 10 heteroatoms. The van der Waals surface area contributed by atoms with Crippen LogP contribution in [-0.4, -0.2) is 29.0 Å². The molecule has 0 saturated heterocycles. The molecule has 0 aliphatic heterocycles. The lowest BCUT2D eigenvalue weighted by molar-refractivity contribution is -0.159. The first-order valence-corrected chi connectivity index (χ1v) is 7.34. The molecular formula is C12H12Cl2F2N4OS. The molecule has 0 bridgehead atoms. The predicted molar refractivity (Wildman–Crippen MR) is 83.1 cm³/mol. The van der Waals surface area contributed by atoms with Gasteiger partial charge in [0.05, 0.1) is 5.41 Å². The van der Waals surface area contributed by atoms with Gasteiger partial charge in [0.1, 0.15) is 10.3 Å². The summed E-state index contributed by atoms with van der Waals surface area (Å²) in [5.41, 5.74) is 3.60. The van der Waals surface area contributed by atoms with Crippen LogP contribution in [-0.2, 0) is 10.2 Å². The van der Waals surface area contributed by atoms with E-state index in [1.165, 1.54) is 12.1 Å². The first-order valence-electron chi connectivity index (χ1n) is 6.18. The summed E-state index contributed by atoms with van der Waals surface area (Å²) in [5, 5.41) is 2.80. The number of hydrogen-bond acceptors (Lipinski definition) is 3. The third-order valence-electron chi connectivity index (χ3n) is 3.39. The first kappa shape index (κ1) is 17.1. The van der Waals surface area contributed by atoms with Crippen LogP contribution in [0.3, 0.4) is 0 Å². The summed E-state index contributed by atoms with van der Waals surface area (Å²) in [6.07, 6.45) is -1.28. The van der Waals surface area contributed by atoms with Crippen LogP contribution in [0.25, 0.3) is 0 Å². The largest absolute Gasteiger partial charge is 0.364 e. The van der Waals surface area contributed by atoms with Gasteiger partial charge < -0.3 is 5.32 Å². The van der Waals surface area contributed by atoms with Crippen LogP contribution < -0.4 is 16.2 Å². The van der Waals surface area contributed by atoms with E-state index in [-0.39, 0.29) is 21.0 Å². The molecule has 1 fully saturated rings. The van der Waals surface area contributed by atoms with Gasteiger partial charge in [-0.25, -0.2) is 13.8 Å². The third kappa shape index (κ3) is 3.39. The van der Waals surface area contributed by atoms with Crippen LogP contribution in [0, 0.1) is 0 Å². The van der Waals surface area contributed by atoms with Crippen molar-refractivity contribution in [3.8, 4) is 0 Å². The van der Waals surface area contributed by atoms with Crippen LogP contribution in [0.1, 0.15) is 18.4 Å². The van der Waals surface area contributed by atoms with Crippen molar-refractivity contribution in [2.75, 3.05) is 7.05 Å². The number of carbonyl (C=O) groups excluding carboxylic acids is 1. The number of thiocarbonyl (C=S) groups is 1. The summed E-state index contributed by atoms with van der Waals surface area (Å²) in [5.74, 6) is -3.57. The lowest BCUT2D eigenvalue weighted by Crippen LogP contribution is -2.61. The molecular weight excluding hydrogens is 357 g/mol. The highest BCUT2D eigenvalue weighted by molar-refractivity contribution is 7.80. The number of alkyl halides is 2. The molecule has 0 aromatic carbocycles. The van der Waals surface area contributed by atoms with Crippen molar-refractivity contribution < 1.29 is 13.6 Å². The van der Waals surface area contributed by atoms with E-state index in [1.54, 1.807) is 7.05 Å². The second-order valence-corrected chi connectivity index (χ2v) is 6.13. The van der Waals surface area contributed by atoms with Crippen LogP contribution >= 0.6 is 35.4 Å². The van der Waals surface area contributed by atoms with Crippen molar-refractivity contribution in [1.29, 1.82) is 0 Å². The Bertz CT molecular complexity index is 601. The van der Waals surface area contributed by atoms with E-state index in [4.69, 9.17) is 35.4 Å². The van der Waals surface area contributed by atoms with Gasteiger partial charge >= 0.3 is 0 Å². The monoisotopic (exact) mass is 368 g/mol. The van der Waals surface area contributed by atoms with Crippen LogP contribution in [0.4, 0.5) is 8.78 Å². The zero-order valence-electron chi connectivity index (χ0n) is 11.3. The van der Waals surface area contributed by atoms with Crippen molar-refractivity contribution in [1.82, 2.24) is 21.2 Å². The molecule has 1 aliphatic carbocycles. The molecule has 1 heterocycles. The van der Waals surface area contributed by atoms with Crippen molar-refractivity contribution in [2.45, 2.75) is 24.2 Å². The van der Waals surface area contributed by atoms with E-state index in [2.05, 4.69) is 21.2 Å². The van der Waals surface area contributed by atoms with Crippen molar-refractivity contribution in [3.63, 3.8) is 0 Å². The molecule has 5 nitrogen and oxygen atoms in total. The minimum atomic E-state index is -2.93. The van der Waals surface area contributed by atoms with Gasteiger partial charge in [-0.2, -0.15) is 0 Å². The Hall–Kier alpha value is -1.25. The Balaban J connectivity index is 2.29. The van der Waals surface area contributed by atoms with Crippen LogP contribution in [0.5, 0.6) is 0 Å². The number of nitrogens with zero attached hydrogens (tertiary/aromatic N) is 1. The first-order chi connectivity index (χ1) is 10.2. The molecule has 120 valence electrons. The van der Waals surface area contributed by atoms with E-state index in [9.17, 15) is 13.6 Å². The van der Waals surface area contributed by atoms with Gasteiger partial charge in [0.25, 0.3) is 5.92 Å². The van der Waals surface area contributed by atoms with Crippen molar-refractivity contribution >= 4 is 46.4 Å². The van der Waals surface area contributed by atoms with E-state index in [0.29, 0.717) is 0 Å². The summed E-state index contributed by atoms with van der Waals surface area (Å²) >= 11 is 16.4. The number of carbonyl (C=O) groups is 1. The Morgan fingerprint density at radius 2 is 1.82 bits per heavy atom. The average Bonchev–Trinajstić information content (AvgIpc) is 2.39. The van der Waals surface area contributed by atoms with Gasteiger partial charge in [0.2, 0.25) is 5.91 Å². The Morgan fingerprint density at radius 3 is 2.27 bits per heavy atom. The van der Waals surface area contributed by atoms with Crippen LogP contribution in [0.2, 0.25) is 10.3 Å². The summed E-state index contributed by atoms with van der Waals surface area (Å²) in [6.45, 7) is 0. The molecule has 1 amide bonds. The normalized spacial score (nSPS) is 18.0. The zero-order valence-corrected chi connectivity index (χ0v) is 13.7. The predicted octanol–water partition coefficient (Wildman–Crippen LogP) is 2.18. The maximum atomic E-state index is 13.4. The van der Waals surface area contributed by atoms with Gasteiger partial charge in [-0.15, -0.1) is 0 Å². The van der Waals surface area contributed by atoms with E-state index in [1.807, 2.05) is 0 Å². The van der Waals surface area contributed by atoms with Gasteiger partial charge in [0, 0.05) is 19.9 Å². The lowest BCUT2D eigenvalue weighted by Gasteiger charge is -2.46. The molecule has 22 heavy (non-hydrogen) atoms. The van der Waals surface area contributed by atoms with Gasteiger partial charge in [-0.1, -0.05) is 23.2 Å². The summed E-state index contributed by atoms with van der Waals surface area (Å²) < 4.78 is 26.9. The average molecular weight is 369 g/mol. The molecule has 1 aromatic heterocycles. The fourth-order valence-electron chi connectivity index (χ4n) is 2.36. The number of rotatable bonds is 2. The number of hydrazine groups is 1. The zero-order chi connectivity index (χ0) is 16.5. The highest BCUT2D eigenvalue weighted by Gasteiger charge is 2.62. The second kappa shape index (κ2) is 6.10. The molecule has 1 saturated carbocycles. The minimum Gasteiger partial charge on any atom is -0.364 e. The van der Waals surface area contributed by atoms with Gasteiger partial charge in [-0.05, 0) is 29.9 Å².